The minimum absolute atomic E-state index is 0.0496. The molecule has 1 aliphatic rings. The molecule has 1 saturated heterocycles. The third-order valence-electron chi connectivity index (χ3n) is 2.21. The molecule has 0 bridgehead atoms. The van der Waals surface area contributed by atoms with E-state index in [1.807, 2.05) is 0 Å². The second-order valence-corrected chi connectivity index (χ2v) is 3.24. The van der Waals surface area contributed by atoms with Crippen LogP contribution in [0.2, 0.25) is 0 Å². The van der Waals surface area contributed by atoms with E-state index in [0.29, 0.717) is 6.61 Å². The molecule has 1 heterocycles. The van der Waals surface area contributed by atoms with Crippen LogP contribution >= 0.6 is 0 Å². The average Bonchev–Trinajstić information content (AvgIpc) is 2.05. The van der Waals surface area contributed by atoms with Crippen molar-refractivity contribution < 1.29 is 14.6 Å². The van der Waals surface area contributed by atoms with Crippen LogP contribution < -0.4 is 5.73 Å². The van der Waals surface area contributed by atoms with Gasteiger partial charge in [-0.25, -0.2) is 0 Å². The maximum atomic E-state index is 10.3. The highest BCUT2D eigenvalue weighted by molar-refractivity contribution is 5.67. The van der Waals surface area contributed by atoms with E-state index in [1.165, 1.54) is 0 Å². The lowest BCUT2D eigenvalue weighted by Gasteiger charge is -2.26. The lowest BCUT2D eigenvalue weighted by atomic mass is 9.92. The summed E-state index contributed by atoms with van der Waals surface area (Å²) in [6.45, 7) is 1.41. The molecule has 0 saturated carbocycles. The summed E-state index contributed by atoms with van der Waals surface area (Å²) < 4.78 is 5.21. The molecule has 4 heteroatoms. The van der Waals surface area contributed by atoms with Crippen LogP contribution in [-0.2, 0) is 9.53 Å². The standard InChI is InChI=1S/C8H15NO3/c9-7(4-8(10)11)6-2-1-3-12-5-6/h6-7H,1-5,9H2,(H,10,11)/t6-,7+/m1/s1. The zero-order chi connectivity index (χ0) is 8.97. The third-order valence-corrected chi connectivity index (χ3v) is 2.21. The molecule has 1 rings (SSSR count). The molecule has 0 aromatic carbocycles. The predicted octanol–water partition coefficient (Wildman–Crippen LogP) is 0.215. The monoisotopic (exact) mass is 173 g/mol. The van der Waals surface area contributed by atoms with E-state index in [2.05, 4.69) is 0 Å². The van der Waals surface area contributed by atoms with Crippen LogP contribution in [0.1, 0.15) is 19.3 Å². The first-order valence-corrected chi connectivity index (χ1v) is 4.25. The van der Waals surface area contributed by atoms with Crippen molar-refractivity contribution >= 4 is 5.97 Å². The fourth-order valence-electron chi connectivity index (χ4n) is 1.47. The highest BCUT2D eigenvalue weighted by Crippen LogP contribution is 2.17. The number of nitrogens with two attached hydrogens (primary N) is 1. The van der Waals surface area contributed by atoms with Crippen molar-refractivity contribution in [3.63, 3.8) is 0 Å². The molecule has 2 atom stereocenters. The van der Waals surface area contributed by atoms with Crippen LogP contribution in [-0.4, -0.2) is 30.3 Å². The molecular weight excluding hydrogens is 158 g/mol. The number of hydrogen-bond acceptors (Lipinski definition) is 3. The lowest BCUT2D eigenvalue weighted by molar-refractivity contribution is -0.137. The fraction of sp³-hybridized carbons (Fsp3) is 0.875. The van der Waals surface area contributed by atoms with Gasteiger partial charge in [-0.1, -0.05) is 0 Å². The highest BCUT2D eigenvalue weighted by Gasteiger charge is 2.22. The van der Waals surface area contributed by atoms with Crippen LogP contribution in [0.25, 0.3) is 0 Å². The summed E-state index contributed by atoms with van der Waals surface area (Å²) in [5.41, 5.74) is 5.69. The molecule has 1 aliphatic heterocycles. The summed E-state index contributed by atoms with van der Waals surface area (Å²) in [4.78, 5) is 10.3. The quantitative estimate of drug-likeness (QED) is 0.640. The van der Waals surface area contributed by atoms with Crippen LogP contribution in [0, 0.1) is 5.92 Å². The second kappa shape index (κ2) is 4.42. The Labute approximate surface area is 71.7 Å². The molecule has 0 aromatic rings. The summed E-state index contributed by atoms with van der Waals surface area (Å²) in [6.07, 6.45) is 2.04. The predicted molar refractivity (Wildman–Crippen MR) is 43.8 cm³/mol. The molecule has 12 heavy (non-hydrogen) atoms. The molecule has 0 spiro atoms. The number of aliphatic carboxylic acids is 1. The highest BCUT2D eigenvalue weighted by atomic mass is 16.5. The zero-order valence-electron chi connectivity index (χ0n) is 7.03. The van der Waals surface area contributed by atoms with E-state index in [4.69, 9.17) is 15.6 Å². The van der Waals surface area contributed by atoms with Gasteiger partial charge in [-0.15, -0.1) is 0 Å². The van der Waals surface area contributed by atoms with Gasteiger partial charge in [0.1, 0.15) is 0 Å². The van der Waals surface area contributed by atoms with E-state index >= 15 is 0 Å². The van der Waals surface area contributed by atoms with E-state index in [-0.39, 0.29) is 18.4 Å². The maximum absolute atomic E-state index is 10.3. The Bertz CT molecular complexity index is 154. The first-order chi connectivity index (χ1) is 5.70. The molecule has 0 radical (unpaired) electrons. The van der Waals surface area contributed by atoms with Crippen molar-refractivity contribution in [2.24, 2.45) is 11.7 Å². The SMILES string of the molecule is N[C@@H](CC(=O)O)[C@@H]1CCCOC1. The van der Waals surface area contributed by atoms with Crippen LogP contribution in [0.3, 0.4) is 0 Å². The van der Waals surface area contributed by atoms with Gasteiger partial charge in [0.05, 0.1) is 13.0 Å². The Morgan fingerprint density at radius 1 is 1.75 bits per heavy atom. The largest absolute Gasteiger partial charge is 0.481 e. The number of carboxylic acids is 1. The average molecular weight is 173 g/mol. The van der Waals surface area contributed by atoms with Crippen molar-refractivity contribution in [1.29, 1.82) is 0 Å². The van der Waals surface area contributed by atoms with Gasteiger partial charge in [-0.3, -0.25) is 4.79 Å². The summed E-state index contributed by atoms with van der Waals surface area (Å²) in [7, 11) is 0. The molecule has 0 aromatic heterocycles. The smallest absolute Gasteiger partial charge is 0.304 e. The van der Waals surface area contributed by atoms with Gasteiger partial charge in [0, 0.05) is 12.6 Å². The third kappa shape index (κ3) is 2.79. The van der Waals surface area contributed by atoms with E-state index < -0.39 is 5.97 Å². The normalized spacial score (nSPS) is 26.6. The van der Waals surface area contributed by atoms with Gasteiger partial charge in [-0.05, 0) is 18.8 Å². The summed E-state index contributed by atoms with van der Waals surface area (Å²) in [6, 6.07) is -0.247. The maximum Gasteiger partial charge on any atom is 0.304 e. The number of hydrogen-bond donors (Lipinski definition) is 2. The Morgan fingerprint density at radius 2 is 2.50 bits per heavy atom. The lowest BCUT2D eigenvalue weighted by Crippen LogP contribution is -2.37. The Hall–Kier alpha value is -0.610. The van der Waals surface area contributed by atoms with E-state index in [0.717, 1.165) is 19.4 Å². The number of rotatable bonds is 3. The minimum atomic E-state index is -0.826. The molecule has 0 aliphatic carbocycles. The van der Waals surface area contributed by atoms with Gasteiger partial charge in [0.15, 0.2) is 0 Å². The minimum Gasteiger partial charge on any atom is -0.481 e. The Balaban J connectivity index is 2.29. The molecule has 1 fully saturated rings. The Kier molecular flexibility index (Phi) is 3.49. The van der Waals surface area contributed by atoms with Crippen molar-refractivity contribution in [3.05, 3.63) is 0 Å². The number of carboxylic acid groups (broad SMARTS) is 1. The first kappa shape index (κ1) is 9.48. The molecule has 0 unspecified atom stereocenters. The van der Waals surface area contributed by atoms with Crippen molar-refractivity contribution in [2.75, 3.05) is 13.2 Å². The van der Waals surface area contributed by atoms with Gasteiger partial charge in [-0.2, -0.15) is 0 Å². The van der Waals surface area contributed by atoms with Crippen molar-refractivity contribution in [3.8, 4) is 0 Å². The first-order valence-electron chi connectivity index (χ1n) is 4.25. The molecule has 0 amide bonds. The summed E-state index contributed by atoms with van der Waals surface area (Å²) in [5.74, 6) is -0.595. The van der Waals surface area contributed by atoms with Gasteiger partial charge >= 0.3 is 5.97 Å². The molecule has 70 valence electrons. The molecule has 3 N–H and O–H groups in total. The molecular formula is C8H15NO3. The van der Waals surface area contributed by atoms with Crippen molar-refractivity contribution in [2.45, 2.75) is 25.3 Å². The van der Waals surface area contributed by atoms with Gasteiger partial charge < -0.3 is 15.6 Å². The van der Waals surface area contributed by atoms with E-state index in [9.17, 15) is 4.79 Å². The zero-order valence-corrected chi connectivity index (χ0v) is 7.03. The summed E-state index contributed by atoms with van der Waals surface area (Å²) in [5, 5.41) is 8.49. The van der Waals surface area contributed by atoms with Crippen LogP contribution in [0.4, 0.5) is 0 Å². The number of carbonyl (C=O) groups is 1. The van der Waals surface area contributed by atoms with Crippen LogP contribution in [0.5, 0.6) is 0 Å². The summed E-state index contributed by atoms with van der Waals surface area (Å²) >= 11 is 0. The van der Waals surface area contributed by atoms with Crippen LogP contribution in [0.15, 0.2) is 0 Å². The fourth-order valence-corrected chi connectivity index (χ4v) is 1.47. The van der Waals surface area contributed by atoms with Gasteiger partial charge in [0.2, 0.25) is 0 Å². The van der Waals surface area contributed by atoms with E-state index in [1.54, 1.807) is 0 Å². The topological polar surface area (TPSA) is 72.6 Å². The second-order valence-electron chi connectivity index (χ2n) is 3.24. The van der Waals surface area contributed by atoms with Crippen molar-refractivity contribution in [1.82, 2.24) is 0 Å². The molecule has 4 nitrogen and oxygen atoms in total. The Morgan fingerprint density at radius 3 is 3.00 bits per heavy atom. The van der Waals surface area contributed by atoms with Gasteiger partial charge in [0.25, 0.3) is 0 Å². The number of ether oxygens (including phenoxy) is 1.